The van der Waals surface area contributed by atoms with Gasteiger partial charge in [-0.25, -0.2) is 0 Å². The Labute approximate surface area is 85.4 Å². The summed E-state index contributed by atoms with van der Waals surface area (Å²) >= 11 is 3.92. The van der Waals surface area contributed by atoms with Gasteiger partial charge in [-0.3, -0.25) is 0 Å². The second-order valence-corrected chi connectivity index (χ2v) is 5.56. The largest absolute Gasteiger partial charge is 0.298 e. The van der Waals surface area contributed by atoms with Crippen molar-refractivity contribution in [3.8, 4) is 0 Å². The van der Waals surface area contributed by atoms with E-state index in [9.17, 15) is 0 Å². The van der Waals surface area contributed by atoms with Gasteiger partial charge in [0.1, 0.15) is 4.70 Å². The molecule has 0 amide bonds. The van der Waals surface area contributed by atoms with Crippen molar-refractivity contribution in [2.45, 2.75) is 17.3 Å². The molecule has 1 aliphatic rings. The summed E-state index contributed by atoms with van der Waals surface area (Å²) in [6.07, 6.45) is 1.31. The van der Waals surface area contributed by atoms with Crippen molar-refractivity contribution in [3.05, 3.63) is 24.3 Å². The zero-order valence-corrected chi connectivity index (χ0v) is 8.83. The fraction of sp³-hybridized carbons (Fsp3) is 0.300. The van der Waals surface area contributed by atoms with Crippen LogP contribution in [0, 0.1) is 0 Å². The van der Waals surface area contributed by atoms with E-state index in [4.69, 9.17) is 0 Å². The highest BCUT2D eigenvalue weighted by molar-refractivity contribution is 8.01. The second-order valence-electron chi connectivity index (χ2n) is 3.19. The fourth-order valence-electron chi connectivity index (χ4n) is 1.72. The molecule has 0 N–H and O–H groups in total. The topological polar surface area (TPSA) is 3.88 Å². The summed E-state index contributed by atoms with van der Waals surface area (Å²) in [5, 5.41) is 0. The van der Waals surface area contributed by atoms with Gasteiger partial charge in [0.2, 0.25) is 5.52 Å². The molecule has 1 aromatic carbocycles. The third kappa shape index (κ3) is 1.18. The molecule has 3 heteroatoms. The van der Waals surface area contributed by atoms with E-state index < -0.39 is 0 Å². The van der Waals surface area contributed by atoms with Crippen LogP contribution in [0.2, 0.25) is 0 Å². The molecule has 1 nitrogen and oxygen atoms in total. The van der Waals surface area contributed by atoms with E-state index in [-0.39, 0.29) is 0 Å². The molecule has 0 atom stereocenters. The summed E-state index contributed by atoms with van der Waals surface area (Å²) in [6.45, 7) is 1.20. The van der Waals surface area contributed by atoms with Gasteiger partial charge in [0.15, 0.2) is 6.54 Å². The Morgan fingerprint density at radius 2 is 2.15 bits per heavy atom. The lowest BCUT2D eigenvalue weighted by atomic mass is 10.3. The number of thioether (sulfide) groups is 1. The Morgan fingerprint density at radius 1 is 1.23 bits per heavy atom. The summed E-state index contributed by atoms with van der Waals surface area (Å²) in [5.74, 6) is 1.28. The fourth-order valence-corrected chi connectivity index (χ4v) is 4.18. The minimum atomic E-state index is 1.20. The van der Waals surface area contributed by atoms with Crippen molar-refractivity contribution in [3.63, 3.8) is 0 Å². The van der Waals surface area contributed by atoms with Gasteiger partial charge in [-0.2, -0.15) is 4.57 Å². The Morgan fingerprint density at radius 3 is 3.15 bits per heavy atom. The Balaban J connectivity index is 2.34. The number of benzene rings is 1. The molecule has 0 fully saturated rings. The molecule has 0 saturated carbocycles. The number of nitrogens with zero attached hydrogens (tertiary/aromatic N) is 1. The van der Waals surface area contributed by atoms with Crippen LogP contribution in [-0.4, -0.2) is 5.75 Å². The molecule has 13 heavy (non-hydrogen) atoms. The first-order valence-corrected chi connectivity index (χ1v) is 6.29. The monoisotopic (exact) mass is 208 g/mol. The van der Waals surface area contributed by atoms with Gasteiger partial charge in [-0.1, -0.05) is 23.5 Å². The van der Waals surface area contributed by atoms with Gasteiger partial charge in [0, 0.05) is 18.2 Å². The van der Waals surface area contributed by atoms with Crippen LogP contribution < -0.4 is 4.57 Å². The minimum Gasteiger partial charge on any atom is -0.176 e. The maximum absolute atomic E-state index is 2.45. The van der Waals surface area contributed by atoms with Gasteiger partial charge in [-0.05, 0) is 17.8 Å². The SMILES string of the molecule is c1ccc2c(c1)sc1[n+]2CCCS1. The van der Waals surface area contributed by atoms with E-state index >= 15 is 0 Å². The number of aromatic nitrogens is 1. The molecule has 0 bridgehead atoms. The van der Waals surface area contributed by atoms with Crippen molar-refractivity contribution in [1.29, 1.82) is 0 Å². The molecule has 1 aromatic heterocycles. The van der Waals surface area contributed by atoms with Gasteiger partial charge < -0.3 is 0 Å². The molecule has 0 unspecified atom stereocenters. The van der Waals surface area contributed by atoms with E-state index in [1.165, 1.54) is 33.3 Å². The maximum atomic E-state index is 2.45. The summed E-state index contributed by atoms with van der Waals surface area (Å²) in [6, 6.07) is 8.68. The average Bonchev–Trinajstić information content (AvgIpc) is 2.56. The minimum absolute atomic E-state index is 1.20. The van der Waals surface area contributed by atoms with Crippen LogP contribution in [0.25, 0.3) is 10.2 Å². The number of fused-ring (bicyclic) bond motifs is 3. The van der Waals surface area contributed by atoms with Crippen LogP contribution in [0.4, 0.5) is 0 Å². The van der Waals surface area contributed by atoms with E-state index in [0.717, 1.165) is 0 Å². The molecular formula is C10H10NS2+. The van der Waals surface area contributed by atoms with Crippen LogP contribution in [0.1, 0.15) is 6.42 Å². The van der Waals surface area contributed by atoms with Crippen molar-refractivity contribution in [1.82, 2.24) is 0 Å². The molecule has 2 heterocycles. The third-order valence-electron chi connectivity index (χ3n) is 2.33. The van der Waals surface area contributed by atoms with E-state index in [1.807, 2.05) is 23.1 Å². The number of hydrogen-bond acceptors (Lipinski definition) is 2. The number of rotatable bonds is 0. The standard InChI is InChI=1S/C10H10NS2/c1-2-5-9-8(4-1)11-6-3-7-12-10(11)13-9/h1-2,4-5H,3,6-7H2/q+1. The van der Waals surface area contributed by atoms with Crippen molar-refractivity contribution in [2.75, 3.05) is 5.75 Å². The van der Waals surface area contributed by atoms with Gasteiger partial charge in [-0.15, -0.1) is 0 Å². The third-order valence-corrected chi connectivity index (χ3v) is 4.85. The summed E-state index contributed by atoms with van der Waals surface area (Å²) in [5.41, 5.74) is 1.41. The molecule has 0 spiro atoms. The first kappa shape index (κ1) is 7.83. The van der Waals surface area contributed by atoms with Gasteiger partial charge in [0.25, 0.3) is 4.34 Å². The number of hydrogen-bond donors (Lipinski definition) is 0. The molecule has 0 saturated heterocycles. The predicted molar refractivity (Wildman–Crippen MR) is 57.4 cm³/mol. The van der Waals surface area contributed by atoms with Crippen molar-refractivity contribution in [2.24, 2.45) is 0 Å². The van der Waals surface area contributed by atoms with Crippen LogP contribution in [-0.2, 0) is 6.54 Å². The highest BCUT2D eigenvalue weighted by atomic mass is 32.2. The molecule has 2 aromatic rings. The molecule has 3 rings (SSSR count). The highest BCUT2D eigenvalue weighted by Crippen LogP contribution is 2.30. The Hall–Kier alpha value is -0.540. The van der Waals surface area contributed by atoms with Crippen LogP contribution in [0.3, 0.4) is 0 Å². The average molecular weight is 208 g/mol. The van der Waals surface area contributed by atoms with E-state index in [0.29, 0.717) is 0 Å². The molecule has 66 valence electrons. The van der Waals surface area contributed by atoms with Gasteiger partial charge >= 0.3 is 0 Å². The molecule has 0 aliphatic carbocycles. The van der Waals surface area contributed by atoms with Crippen molar-refractivity contribution >= 4 is 33.3 Å². The zero-order chi connectivity index (χ0) is 8.67. The number of thiazole rings is 1. The van der Waals surface area contributed by atoms with Crippen LogP contribution >= 0.6 is 23.1 Å². The second kappa shape index (κ2) is 3.00. The van der Waals surface area contributed by atoms with Crippen LogP contribution in [0.5, 0.6) is 0 Å². The summed E-state index contributed by atoms with van der Waals surface area (Å²) in [4.78, 5) is 0. The van der Waals surface area contributed by atoms with Gasteiger partial charge in [0.05, 0.1) is 0 Å². The lowest BCUT2D eigenvalue weighted by Crippen LogP contribution is -2.37. The molecule has 0 radical (unpaired) electrons. The first-order valence-electron chi connectivity index (χ1n) is 4.49. The lowest BCUT2D eigenvalue weighted by Gasteiger charge is -2.03. The molecular weight excluding hydrogens is 198 g/mol. The summed E-state index contributed by atoms with van der Waals surface area (Å²) < 4.78 is 5.35. The predicted octanol–water partition coefficient (Wildman–Crippen LogP) is 2.68. The Kier molecular flexibility index (Phi) is 1.80. The van der Waals surface area contributed by atoms with Crippen LogP contribution in [0.15, 0.2) is 28.6 Å². The number of aryl methyl sites for hydroxylation is 1. The highest BCUT2D eigenvalue weighted by Gasteiger charge is 2.23. The molecule has 1 aliphatic heterocycles. The van der Waals surface area contributed by atoms with E-state index in [2.05, 4.69) is 28.8 Å². The smallest absolute Gasteiger partial charge is 0.176 e. The first-order chi connectivity index (χ1) is 6.45. The summed E-state index contributed by atoms with van der Waals surface area (Å²) in [7, 11) is 0. The lowest BCUT2D eigenvalue weighted by molar-refractivity contribution is -0.703. The Bertz CT molecular complexity index is 447. The van der Waals surface area contributed by atoms with E-state index in [1.54, 1.807) is 0 Å². The quantitative estimate of drug-likeness (QED) is 0.602. The van der Waals surface area contributed by atoms with Crippen molar-refractivity contribution < 1.29 is 4.57 Å². The maximum Gasteiger partial charge on any atom is 0.298 e. The normalized spacial score (nSPS) is 16.0. The zero-order valence-electron chi connectivity index (χ0n) is 7.19. The number of para-hydroxylation sites is 1.